The quantitative estimate of drug-likeness (QED) is 0.873. The third kappa shape index (κ3) is 3.72. The van der Waals surface area contributed by atoms with Crippen LogP contribution in [-0.2, 0) is 10.0 Å². The summed E-state index contributed by atoms with van der Waals surface area (Å²) in [5.74, 6) is 0.487. The van der Waals surface area contributed by atoms with Gasteiger partial charge in [0.2, 0.25) is 10.0 Å². The van der Waals surface area contributed by atoms with Crippen molar-refractivity contribution in [2.24, 2.45) is 5.92 Å². The molecule has 132 valence electrons. The molecule has 2 aliphatic rings. The van der Waals surface area contributed by atoms with Gasteiger partial charge in [-0.1, -0.05) is 18.2 Å². The number of benzene rings is 1. The summed E-state index contributed by atoms with van der Waals surface area (Å²) in [4.78, 5) is 12.4. The molecule has 1 aromatic carbocycles. The summed E-state index contributed by atoms with van der Waals surface area (Å²) in [6, 6.07) is 6.46. The Kier molecular flexibility index (Phi) is 4.83. The number of hydrogen-bond acceptors (Lipinski definition) is 3. The van der Waals surface area contributed by atoms with Crippen molar-refractivity contribution in [1.82, 2.24) is 14.9 Å². The molecule has 0 spiro atoms. The van der Waals surface area contributed by atoms with E-state index in [1.54, 1.807) is 22.5 Å². The van der Waals surface area contributed by atoms with Crippen LogP contribution in [-0.4, -0.2) is 37.9 Å². The number of urea groups is 1. The Morgan fingerprint density at radius 3 is 2.62 bits per heavy atom. The van der Waals surface area contributed by atoms with E-state index in [4.69, 9.17) is 0 Å². The molecule has 0 radical (unpaired) electrons. The van der Waals surface area contributed by atoms with Gasteiger partial charge in [-0.05, 0) is 50.7 Å². The van der Waals surface area contributed by atoms with Gasteiger partial charge in [0.05, 0.1) is 10.9 Å². The average molecular weight is 351 g/mol. The van der Waals surface area contributed by atoms with Gasteiger partial charge in [0, 0.05) is 19.1 Å². The summed E-state index contributed by atoms with van der Waals surface area (Å²) in [6.07, 6.45) is 2.78. The lowest BCUT2D eigenvalue weighted by Crippen LogP contribution is -2.41. The molecule has 2 amide bonds. The molecule has 6 nitrogen and oxygen atoms in total. The van der Waals surface area contributed by atoms with Gasteiger partial charge in [0.25, 0.3) is 0 Å². The van der Waals surface area contributed by atoms with Crippen LogP contribution >= 0.6 is 0 Å². The monoisotopic (exact) mass is 351 g/mol. The fraction of sp³-hybridized carbons (Fsp3) is 0.588. The zero-order valence-electron chi connectivity index (χ0n) is 14.2. The van der Waals surface area contributed by atoms with Crippen LogP contribution in [0.4, 0.5) is 4.79 Å². The van der Waals surface area contributed by atoms with Crippen LogP contribution in [0.2, 0.25) is 0 Å². The van der Waals surface area contributed by atoms with Gasteiger partial charge in [-0.2, -0.15) is 4.31 Å². The average Bonchev–Trinajstić information content (AvgIpc) is 3.33. The lowest BCUT2D eigenvalue weighted by atomic mass is 10.0. The molecule has 0 saturated heterocycles. The van der Waals surface area contributed by atoms with Crippen molar-refractivity contribution in [2.75, 3.05) is 13.1 Å². The minimum absolute atomic E-state index is 0.0288. The maximum absolute atomic E-state index is 13.0. The number of carbonyl (C=O) groups excluding carboxylic acids is 1. The maximum Gasteiger partial charge on any atom is 0.315 e. The first kappa shape index (κ1) is 17.2. The summed E-state index contributed by atoms with van der Waals surface area (Å²) < 4.78 is 27.6. The Bertz CT molecular complexity index is 714. The van der Waals surface area contributed by atoms with Crippen LogP contribution in [0, 0.1) is 5.92 Å². The fourth-order valence-electron chi connectivity index (χ4n) is 3.08. The van der Waals surface area contributed by atoms with E-state index in [1.165, 1.54) is 0 Å². The lowest BCUT2D eigenvalue weighted by Gasteiger charge is -2.20. The molecule has 1 heterocycles. The first-order valence-electron chi connectivity index (χ1n) is 8.54. The largest absolute Gasteiger partial charge is 0.336 e. The van der Waals surface area contributed by atoms with Gasteiger partial charge >= 0.3 is 6.03 Å². The van der Waals surface area contributed by atoms with Crippen molar-refractivity contribution in [2.45, 2.75) is 50.1 Å². The molecule has 1 aliphatic heterocycles. The van der Waals surface area contributed by atoms with E-state index < -0.39 is 10.0 Å². The third-order valence-electron chi connectivity index (χ3n) is 4.46. The van der Waals surface area contributed by atoms with E-state index in [9.17, 15) is 13.2 Å². The Hall–Kier alpha value is -1.60. The molecule has 1 aliphatic carbocycles. The molecular weight excluding hydrogens is 326 g/mol. The van der Waals surface area contributed by atoms with Crippen LogP contribution in [0.5, 0.6) is 0 Å². The predicted octanol–water partition coefficient (Wildman–Crippen LogP) is 2.24. The van der Waals surface area contributed by atoms with E-state index in [2.05, 4.69) is 10.6 Å². The zero-order valence-corrected chi connectivity index (χ0v) is 15.0. The van der Waals surface area contributed by atoms with Crippen LogP contribution in [0.15, 0.2) is 29.2 Å². The smallest absolute Gasteiger partial charge is 0.315 e. The van der Waals surface area contributed by atoms with Gasteiger partial charge < -0.3 is 10.6 Å². The van der Waals surface area contributed by atoms with Crippen LogP contribution in [0.3, 0.4) is 0 Å². The molecule has 7 heteroatoms. The normalized spacial score (nSPS) is 23.4. The van der Waals surface area contributed by atoms with Crippen LogP contribution < -0.4 is 10.6 Å². The van der Waals surface area contributed by atoms with E-state index in [0.717, 1.165) is 12.8 Å². The number of sulfonamides is 1. The molecule has 24 heavy (non-hydrogen) atoms. The molecule has 3 rings (SSSR count). The van der Waals surface area contributed by atoms with E-state index in [-0.39, 0.29) is 18.1 Å². The SMILES string of the molecule is CC(C)NC(=O)N[C@H]1CCN(CC2CC2)S(=O)(=O)c2ccccc21. The number of amides is 2. The van der Waals surface area contributed by atoms with E-state index in [1.807, 2.05) is 19.9 Å². The molecule has 1 saturated carbocycles. The van der Waals surface area contributed by atoms with Crippen molar-refractivity contribution in [3.63, 3.8) is 0 Å². The number of carbonyl (C=O) groups is 1. The fourth-order valence-corrected chi connectivity index (χ4v) is 4.87. The standard InChI is InChI=1S/C17H25N3O3S/c1-12(2)18-17(21)19-15-9-10-20(11-13-7-8-13)24(22,23)16-6-4-3-5-14(15)16/h3-6,12-13,15H,7-11H2,1-2H3,(H2,18,19,21)/t15-/m0/s1. The van der Waals surface area contributed by atoms with Gasteiger partial charge in [-0.25, -0.2) is 13.2 Å². The summed E-state index contributed by atoms with van der Waals surface area (Å²) in [5.41, 5.74) is 0.676. The van der Waals surface area contributed by atoms with Crippen molar-refractivity contribution in [3.05, 3.63) is 29.8 Å². The number of fused-ring (bicyclic) bond motifs is 1. The lowest BCUT2D eigenvalue weighted by molar-refractivity contribution is 0.233. The molecule has 1 fully saturated rings. The minimum Gasteiger partial charge on any atom is -0.336 e. The van der Waals surface area contributed by atoms with Crippen molar-refractivity contribution >= 4 is 16.1 Å². The molecule has 1 aromatic rings. The minimum atomic E-state index is -3.50. The number of nitrogens with zero attached hydrogens (tertiary/aromatic N) is 1. The highest BCUT2D eigenvalue weighted by Crippen LogP contribution is 2.36. The van der Waals surface area contributed by atoms with Gasteiger partial charge in [-0.3, -0.25) is 0 Å². The van der Waals surface area contributed by atoms with Crippen LogP contribution in [0.25, 0.3) is 0 Å². The van der Waals surface area contributed by atoms with E-state index >= 15 is 0 Å². The number of hydrogen-bond donors (Lipinski definition) is 2. The second-order valence-corrected chi connectivity index (χ2v) is 8.86. The molecule has 1 atom stereocenters. The summed E-state index contributed by atoms with van der Waals surface area (Å²) >= 11 is 0. The Labute approximate surface area is 143 Å². The summed E-state index contributed by atoms with van der Waals surface area (Å²) in [7, 11) is -3.50. The summed E-state index contributed by atoms with van der Waals surface area (Å²) in [6.45, 7) is 4.80. The Morgan fingerprint density at radius 1 is 1.25 bits per heavy atom. The second kappa shape index (κ2) is 6.72. The number of rotatable bonds is 4. The molecule has 0 bridgehead atoms. The second-order valence-electron chi connectivity index (χ2n) is 6.96. The highest BCUT2D eigenvalue weighted by atomic mass is 32.2. The van der Waals surface area contributed by atoms with Gasteiger partial charge in [-0.15, -0.1) is 0 Å². The Balaban J connectivity index is 1.88. The van der Waals surface area contributed by atoms with Gasteiger partial charge in [0.1, 0.15) is 0 Å². The molecule has 2 N–H and O–H groups in total. The zero-order chi connectivity index (χ0) is 17.3. The molecule has 0 unspecified atom stereocenters. The Morgan fingerprint density at radius 2 is 1.96 bits per heavy atom. The molecule has 0 aromatic heterocycles. The maximum atomic E-state index is 13.0. The highest BCUT2D eigenvalue weighted by molar-refractivity contribution is 7.89. The third-order valence-corrected chi connectivity index (χ3v) is 6.40. The first-order chi connectivity index (χ1) is 11.4. The molecular formula is C17H25N3O3S. The van der Waals surface area contributed by atoms with Crippen LogP contribution in [0.1, 0.15) is 44.7 Å². The first-order valence-corrected chi connectivity index (χ1v) is 9.98. The summed E-state index contributed by atoms with van der Waals surface area (Å²) in [5, 5.41) is 5.73. The highest BCUT2D eigenvalue weighted by Gasteiger charge is 2.37. The van der Waals surface area contributed by atoms with Crippen molar-refractivity contribution in [1.29, 1.82) is 0 Å². The van der Waals surface area contributed by atoms with Gasteiger partial charge in [0.15, 0.2) is 0 Å². The number of nitrogens with one attached hydrogen (secondary N) is 2. The van der Waals surface area contributed by atoms with E-state index in [0.29, 0.717) is 35.9 Å². The van der Waals surface area contributed by atoms with Crippen molar-refractivity contribution < 1.29 is 13.2 Å². The topological polar surface area (TPSA) is 78.5 Å². The van der Waals surface area contributed by atoms with Crippen molar-refractivity contribution in [3.8, 4) is 0 Å². The predicted molar refractivity (Wildman–Crippen MR) is 92.1 cm³/mol.